The number of hydrogen-bond acceptors (Lipinski definition) is 6. The van der Waals surface area contributed by atoms with Crippen molar-refractivity contribution in [3.63, 3.8) is 0 Å². The van der Waals surface area contributed by atoms with Gasteiger partial charge in [0.25, 0.3) is 0 Å². The van der Waals surface area contributed by atoms with Crippen LogP contribution in [0.4, 0.5) is 5.95 Å². The fourth-order valence-electron chi connectivity index (χ4n) is 3.50. The number of anilines is 1. The van der Waals surface area contributed by atoms with Crippen molar-refractivity contribution in [1.82, 2.24) is 25.5 Å². The van der Waals surface area contributed by atoms with Crippen molar-refractivity contribution < 1.29 is 0 Å². The smallest absolute Gasteiger partial charge is 0.225 e. The average Bonchev–Trinajstić information content (AvgIpc) is 3.32. The van der Waals surface area contributed by atoms with E-state index in [1.807, 2.05) is 18.5 Å². The molecule has 172 valence electrons. The highest BCUT2D eigenvalue weighted by Crippen LogP contribution is 2.27. The molecule has 3 heterocycles. The number of thiophene rings is 1. The largest absolute Gasteiger partial charge is 0.357 e. The molecule has 1 fully saturated rings. The number of halogens is 1. The van der Waals surface area contributed by atoms with E-state index < -0.39 is 0 Å². The summed E-state index contributed by atoms with van der Waals surface area (Å²) in [4.78, 5) is 19.7. The van der Waals surface area contributed by atoms with Crippen molar-refractivity contribution in [3.05, 3.63) is 40.8 Å². The zero-order chi connectivity index (χ0) is 21.2. The highest BCUT2D eigenvalue weighted by atomic mass is 127. The molecular formula is C22H36IN7S. The highest BCUT2D eigenvalue weighted by Gasteiger charge is 2.21. The molecule has 2 N–H and O–H groups in total. The van der Waals surface area contributed by atoms with E-state index in [0.717, 1.165) is 70.7 Å². The first-order valence-electron chi connectivity index (χ1n) is 10.9. The van der Waals surface area contributed by atoms with Crippen LogP contribution < -0.4 is 15.5 Å². The summed E-state index contributed by atoms with van der Waals surface area (Å²) in [5.74, 6) is 1.75. The zero-order valence-corrected chi connectivity index (χ0v) is 22.0. The molecule has 31 heavy (non-hydrogen) atoms. The molecule has 2 aromatic heterocycles. The minimum Gasteiger partial charge on any atom is -0.357 e. The predicted molar refractivity (Wildman–Crippen MR) is 142 cm³/mol. The third-order valence-electron chi connectivity index (χ3n) is 5.32. The van der Waals surface area contributed by atoms with Crippen molar-refractivity contribution in [2.45, 2.75) is 32.6 Å². The number of rotatable bonds is 9. The second-order valence-corrected chi connectivity index (χ2v) is 9.16. The monoisotopic (exact) mass is 557 g/mol. The van der Waals surface area contributed by atoms with Gasteiger partial charge < -0.3 is 15.5 Å². The third-order valence-corrected chi connectivity index (χ3v) is 6.55. The summed E-state index contributed by atoms with van der Waals surface area (Å²) >= 11 is 1.80. The maximum absolute atomic E-state index is 4.84. The quantitative estimate of drug-likeness (QED) is 0.214. The van der Waals surface area contributed by atoms with Gasteiger partial charge in [0.15, 0.2) is 5.96 Å². The number of aromatic nitrogens is 2. The molecule has 0 atom stereocenters. The van der Waals surface area contributed by atoms with Gasteiger partial charge in [-0.3, -0.25) is 9.89 Å². The molecule has 1 saturated heterocycles. The molecule has 7 nitrogen and oxygen atoms in total. The zero-order valence-electron chi connectivity index (χ0n) is 18.9. The van der Waals surface area contributed by atoms with Crippen molar-refractivity contribution in [2.75, 3.05) is 57.3 Å². The summed E-state index contributed by atoms with van der Waals surface area (Å²) in [5.41, 5.74) is 0.0542. The molecule has 1 aliphatic heterocycles. The molecule has 9 heteroatoms. The molecular weight excluding hydrogens is 521 g/mol. The standard InChI is InChI=1S/C22H35N7S.HI/c1-4-23-20(27-18-22(2,3)19-8-5-17-30-19)24-11-7-12-28-13-15-29(16-14-28)21-25-9-6-10-26-21;/h5-6,8-10,17H,4,7,11-16,18H2,1-3H3,(H2,23,24,27);1H. The van der Waals surface area contributed by atoms with E-state index in [-0.39, 0.29) is 29.4 Å². The Morgan fingerprint density at radius 2 is 1.87 bits per heavy atom. The first-order chi connectivity index (χ1) is 14.6. The Bertz CT molecular complexity index is 759. The Labute approximate surface area is 207 Å². The van der Waals surface area contributed by atoms with Crippen molar-refractivity contribution in [1.29, 1.82) is 0 Å². The summed E-state index contributed by atoms with van der Waals surface area (Å²) in [6, 6.07) is 6.17. The molecule has 2 aromatic rings. The van der Waals surface area contributed by atoms with Crippen LogP contribution in [0.1, 0.15) is 32.1 Å². The van der Waals surface area contributed by atoms with Crippen LogP contribution in [0.25, 0.3) is 0 Å². The maximum atomic E-state index is 4.84. The lowest BCUT2D eigenvalue weighted by Gasteiger charge is -2.34. The number of nitrogens with zero attached hydrogens (tertiary/aromatic N) is 5. The molecule has 0 aromatic carbocycles. The van der Waals surface area contributed by atoms with Gasteiger partial charge >= 0.3 is 0 Å². The van der Waals surface area contributed by atoms with Gasteiger partial charge in [-0.2, -0.15) is 0 Å². The molecule has 0 saturated carbocycles. The summed E-state index contributed by atoms with van der Waals surface area (Å²) in [5, 5.41) is 9.00. The first-order valence-corrected chi connectivity index (χ1v) is 11.8. The van der Waals surface area contributed by atoms with E-state index in [4.69, 9.17) is 4.99 Å². The summed E-state index contributed by atoms with van der Waals surface area (Å²) in [6.45, 7) is 14.4. The van der Waals surface area contributed by atoms with Crippen LogP contribution >= 0.6 is 35.3 Å². The fraction of sp³-hybridized carbons (Fsp3) is 0.591. The second kappa shape index (κ2) is 13.2. The molecule has 3 rings (SSSR count). The van der Waals surface area contributed by atoms with Gasteiger partial charge in [0.05, 0.1) is 6.54 Å². The molecule has 0 unspecified atom stereocenters. The SMILES string of the molecule is CCNC(=NCC(C)(C)c1cccs1)NCCCN1CCN(c2ncccn2)CC1.I. The minimum absolute atomic E-state index is 0. The van der Waals surface area contributed by atoms with Crippen LogP contribution in [-0.4, -0.2) is 73.2 Å². The van der Waals surface area contributed by atoms with E-state index in [2.05, 4.69) is 68.7 Å². The van der Waals surface area contributed by atoms with E-state index in [1.54, 1.807) is 11.3 Å². The first kappa shape index (κ1) is 25.8. The fourth-order valence-corrected chi connectivity index (χ4v) is 4.34. The highest BCUT2D eigenvalue weighted by molar-refractivity contribution is 14.0. The van der Waals surface area contributed by atoms with Crippen LogP contribution in [0.5, 0.6) is 0 Å². The maximum Gasteiger partial charge on any atom is 0.225 e. The van der Waals surface area contributed by atoms with Gasteiger partial charge in [-0.15, -0.1) is 35.3 Å². The summed E-state index contributed by atoms with van der Waals surface area (Å²) in [7, 11) is 0. The lowest BCUT2D eigenvalue weighted by Crippen LogP contribution is -2.47. The number of hydrogen-bond donors (Lipinski definition) is 2. The second-order valence-electron chi connectivity index (χ2n) is 8.21. The van der Waals surface area contributed by atoms with Crippen molar-refractivity contribution in [3.8, 4) is 0 Å². The van der Waals surface area contributed by atoms with E-state index in [9.17, 15) is 0 Å². The molecule has 0 spiro atoms. The molecule has 1 aliphatic rings. The van der Waals surface area contributed by atoms with Gasteiger partial charge in [-0.25, -0.2) is 9.97 Å². The Morgan fingerprint density at radius 3 is 2.52 bits per heavy atom. The van der Waals surface area contributed by atoms with Gasteiger partial charge in [-0.05, 0) is 37.4 Å². The Kier molecular flexibility index (Phi) is 11.0. The van der Waals surface area contributed by atoms with Gasteiger partial charge in [-0.1, -0.05) is 19.9 Å². The average molecular weight is 558 g/mol. The lowest BCUT2D eigenvalue weighted by molar-refractivity contribution is 0.254. The number of nitrogens with one attached hydrogen (secondary N) is 2. The molecule has 0 radical (unpaired) electrons. The van der Waals surface area contributed by atoms with Crippen molar-refractivity contribution in [2.24, 2.45) is 4.99 Å². The summed E-state index contributed by atoms with van der Waals surface area (Å²) < 4.78 is 0. The van der Waals surface area contributed by atoms with Gasteiger partial charge in [0, 0.05) is 62.0 Å². The van der Waals surface area contributed by atoms with Crippen LogP contribution in [0.3, 0.4) is 0 Å². The molecule has 0 bridgehead atoms. The Morgan fingerprint density at radius 1 is 1.13 bits per heavy atom. The predicted octanol–water partition coefficient (Wildman–Crippen LogP) is 3.20. The number of aliphatic imine (C=N–C) groups is 1. The lowest BCUT2D eigenvalue weighted by atomic mass is 9.92. The van der Waals surface area contributed by atoms with E-state index in [1.165, 1.54) is 4.88 Å². The van der Waals surface area contributed by atoms with Gasteiger partial charge in [0.2, 0.25) is 5.95 Å². The van der Waals surface area contributed by atoms with E-state index in [0.29, 0.717) is 0 Å². The third kappa shape index (κ3) is 8.19. The Hall–Kier alpha value is -1.46. The minimum atomic E-state index is 0. The molecule has 0 aliphatic carbocycles. The summed E-state index contributed by atoms with van der Waals surface area (Å²) in [6.07, 6.45) is 4.72. The van der Waals surface area contributed by atoms with Crippen molar-refractivity contribution >= 4 is 47.2 Å². The van der Waals surface area contributed by atoms with Crippen LogP contribution in [0, 0.1) is 0 Å². The number of piperazine rings is 1. The molecule has 0 amide bonds. The normalized spacial score (nSPS) is 15.5. The van der Waals surface area contributed by atoms with E-state index >= 15 is 0 Å². The number of guanidine groups is 1. The van der Waals surface area contributed by atoms with Crippen LogP contribution in [-0.2, 0) is 5.41 Å². The van der Waals surface area contributed by atoms with Crippen LogP contribution in [0.2, 0.25) is 0 Å². The van der Waals surface area contributed by atoms with Crippen LogP contribution in [0.15, 0.2) is 41.0 Å². The topological polar surface area (TPSA) is 68.7 Å². The Balaban J connectivity index is 0.00000341. The van der Waals surface area contributed by atoms with Gasteiger partial charge in [0.1, 0.15) is 0 Å².